The molecule has 0 radical (unpaired) electrons. The van der Waals surface area contributed by atoms with Gasteiger partial charge in [0.25, 0.3) is 6.71 Å². The first-order valence-corrected chi connectivity index (χ1v) is 27.8. The summed E-state index contributed by atoms with van der Waals surface area (Å²) in [6, 6.07) is 63.0. The molecule has 3 aliphatic rings. The quantitative estimate of drug-likeness (QED) is 0.155. The summed E-state index contributed by atoms with van der Waals surface area (Å²) >= 11 is 0. The molecule has 0 bridgehead atoms. The molecule has 0 atom stereocenters. The summed E-state index contributed by atoms with van der Waals surface area (Å²) in [7, 11) is 0. The molecule has 1 aromatic heterocycles. The predicted molar refractivity (Wildman–Crippen MR) is 323 cm³/mol. The number of hydrogen-bond donors (Lipinski definition) is 0. The second-order valence-corrected chi connectivity index (χ2v) is 26.1. The van der Waals surface area contributed by atoms with Gasteiger partial charge in [0.2, 0.25) is 0 Å². The van der Waals surface area contributed by atoms with E-state index in [0.29, 0.717) is 5.92 Å². The molecule has 2 aliphatic heterocycles. The molecule has 0 N–H and O–H groups in total. The van der Waals surface area contributed by atoms with Crippen molar-refractivity contribution in [1.82, 2.24) is 0 Å². The van der Waals surface area contributed by atoms with Gasteiger partial charge in [-0.2, -0.15) is 0 Å². The van der Waals surface area contributed by atoms with Crippen molar-refractivity contribution < 1.29 is 4.42 Å². The molecule has 0 amide bonds. The lowest BCUT2D eigenvalue weighted by molar-refractivity contribution is 0.442. The Morgan fingerprint density at radius 2 is 0.907 bits per heavy atom. The van der Waals surface area contributed by atoms with Crippen molar-refractivity contribution in [2.24, 2.45) is 0 Å². The average molecular weight is 984 g/mol. The lowest BCUT2D eigenvalue weighted by atomic mass is 9.33. The number of nitrogens with zero attached hydrogens (tertiary/aromatic N) is 3. The Kier molecular flexibility index (Phi) is 11.6. The topological polar surface area (TPSA) is 22.9 Å². The van der Waals surface area contributed by atoms with Crippen molar-refractivity contribution in [3.63, 3.8) is 0 Å². The van der Waals surface area contributed by atoms with Gasteiger partial charge in [0, 0.05) is 50.6 Å². The molecule has 12 rings (SSSR count). The number of hydrogen-bond acceptors (Lipinski definition) is 4. The highest BCUT2D eigenvalue weighted by atomic mass is 16.3. The molecule has 4 nitrogen and oxygen atoms in total. The van der Waals surface area contributed by atoms with Gasteiger partial charge >= 0.3 is 0 Å². The molecule has 9 aromatic rings. The Labute approximate surface area is 447 Å². The van der Waals surface area contributed by atoms with Gasteiger partial charge in [-0.25, -0.2) is 0 Å². The van der Waals surface area contributed by atoms with E-state index >= 15 is 0 Å². The molecule has 0 saturated heterocycles. The summed E-state index contributed by atoms with van der Waals surface area (Å²) in [5, 5.41) is 2.34. The van der Waals surface area contributed by atoms with Crippen LogP contribution < -0.4 is 31.1 Å². The molecular weight excluding hydrogens is 910 g/mol. The number of anilines is 9. The molecule has 0 unspecified atom stereocenters. The van der Waals surface area contributed by atoms with E-state index in [1.807, 2.05) is 0 Å². The van der Waals surface area contributed by atoms with Gasteiger partial charge in [-0.1, -0.05) is 199 Å². The van der Waals surface area contributed by atoms with Crippen molar-refractivity contribution in [3.05, 3.63) is 192 Å². The standard InChI is InChI=1S/C70H74BN3O/c1-67(2,3)46-25-19-29-51(39-46)73-60-41-48(69(7,8)9)35-37-57(60)71-58-38-36-49(70(10,11)12)42-61(58)74(52-30-20-26-47(40-52)68(4,5)6)63-44-53(43-62(73)64(63)71)72(50-27-17-14-18-28-50)59-34-22-33-56-55-32-21-31-54(65(55)75-66(56)59)45-23-15-13-16-24-45/h14,17-22,25-45H,13,15-16,23-24H2,1-12H3. The molecule has 75 heavy (non-hydrogen) atoms. The Hall–Kier alpha value is -6.98. The van der Waals surface area contributed by atoms with Gasteiger partial charge < -0.3 is 19.1 Å². The fourth-order valence-corrected chi connectivity index (χ4v) is 12.6. The monoisotopic (exact) mass is 984 g/mol. The smallest absolute Gasteiger partial charge is 0.252 e. The minimum Gasteiger partial charge on any atom is -0.454 e. The first-order chi connectivity index (χ1) is 35.7. The fourth-order valence-electron chi connectivity index (χ4n) is 12.6. The average Bonchev–Trinajstić information content (AvgIpc) is 3.81. The summed E-state index contributed by atoms with van der Waals surface area (Å²) in [6.45, 7) is 28.0. The lowest BCUT2D eigenvalue weighted by Crippen LogP contribution is -2.61. The van der Waals surface area contributed by atoms with Crippen molar-refractivity contribution >= 4 is 96.2 Å². The Morgan fingerprint density at radius 1 is 0.427 bits per heavy atom. The molecule has 0 spiro atoms. The highest BCUT2D eigenvalue weighted by molar-refractivity contribution is 7.00. The molecule has 1 saturated carbocycles. The molecule has 1 fully saturated rings. The van der Waals surface area contributed by atoms with Gasteiger partial charge in [-0.3, -0.25) is 0 Å². The molecular formula is C70H74BN3O. The second-order valence-electron chi connectivity index (χ2n) is 26.1. The van der Waals surface area contributed by atoms with Gasteiger partial charge in [0.15, 0.2) is 5.58 Å². The summed E-state index contributed by atoms with van der Waals surface area (Å²) in [4.78, 5) is 7.70. The van der Waals surface area contributed by atoms with E-state index in [4.69, 9.17) is 4.42 Å². The number of furan rings is 1. The van der Waals surface area contributed by atoms with E-state index in [-0.39, 0.29) is 28.4 Å². The summed E-state index contributed by atoms with van der Waals surface area (Å²) < 4.78 is 7.38. The third-order valence-electron chi connectivity index (χ3n) is 16.8. The van der Waals surface area contributed by atoms with Crippen LogP contribution in [0.1, 0.15) is 149 Å². The van der Waals surface area contributed by atoms with Crippen LogP contribution in [-0.2, 0) is 21.7 Å². The van der Waals surface area contributed by atoms with Crippen LogP contribution in [0.15, 0.2) is 168 Å². The van der Waals surface area contributed by atoms with Crippen molar-refractivity contribution in [3.8, 4) is 0 Å². The maximum atomic E-state index is 7.38. The number of rotatable bonds is 6. The SMILES string of the molecule is CC(C)(C)c1cccc(N2c3cc(C(C)(C)C)ccc3B3c4ccc(C(C)(C)C)cc4N(c4cccc(C(C)(C)C)c4)c4cc(N(c5ccccc5)c5cccc6c5oc5c(C7CCCCC7)cccc56)cc2c43)c1. The lowest BCUT2D eigenvalue weighted by Gasteiger charge is -2.46. The van der Waals surface area contributed by atoms with Crippen molar-refractivity contribution in [2.45, 2.75) is 143 Å². The molecule has 5 heteroatoms. The second kappa shape index (κ2) is 17.8. The highest BCUT2D eigenvalue weighted by Gasteiger charge is 2.45. The van der Waals surface area contributed by atoms with E-state index in [1.54, 1.807) is 0 Å². The third kappa shape index (κ3) is 8.46. The summed E-state index contributed by atoms with van der Waals surface area (Å²) in [5.41, 5.74) is 22.5. The summed E-state index contributed by atoms with van der Waals surface area (Å²) in [6.07, 6.45) is 6.29. The predicted octanol–water partition coefficient (Wildman–Crippen LogP) is 18.4. The highest BCUT2D eigenvalue weighted by Crippen LogP contribution is 2.51. The normalized spacial score (nSPS) is 15.1. The van der Waals surface area contributed by atoms with Crippen LogP contribution in [0, 0.1) is 0 Å². The zero-order valence-electron chi connectivity index (χ0n) is 46.5. The summed E-state index contributed by atoms with van der Waals surface area (Å²) in [5.74, 6) is 0.507. The van der Waals surface area contributed by atoms with Crippen LogP contribution in [-0.4, -0.2) is 6.71 Å². The first-order valence-electron chi connectivity index (χ1n) is 27.8. The van der Waals surface area contributed by atoms with Crippen LogP contribution in [0.25, 0.3) is 21.9 Å². The van der Waals surface area contributed by atoms with Crippen LogP contribution in [0.4, 0.5) is 51.2 Å². The van der Waals surface area contributed by atoms with Crippen molar-refractivity contribution in [1.29, 1.82) is 0 Å². The van der Waals surface area contributed by atoms with Crippen LogP contribution in [0.2, 0.25) is 0 Å². The maximum absolute atomic E-state index is 7.38. The number of fused-ring (bicyclic) bond motifs is 7. The Bertz CT molecular complexity index is 3510. The Morgan fingerprint density at radius 3 is 1.43 bits per heavy atom. The zero-order chi connectivity index (χ0) is 52.3. The zero-order valence-corrected chi connectivity index (χ0v) is 46.5. The van der Waals surface area contributed by atoms with Crippen molar-refractivity contribution in [2.75, 3.05) is 14.7 Å². The Balaban J connectivity index is 1.22. The van der Waals surface area contributed by atoms with E-state index < -0.39 is 0 Å². The number of para-hydroxylation sites is 3. The fraction of sp³-hybridized carbons (Fsp3) is 0.314. The minimum atomic E-state index is -0.0750. The van der Waals surface area contributed by atoms with Crippen LogP contribution in [0.5, 0.6) is 0 Å². The van der Waals surface area contributed by atoms with Gasteiger partial charge in [-0.05, 0) is 151 Å². The van der Waals surface area contributed by atoms with E-state index in [9.17, 15) is 0 Å². The van der Waals surface area contributed by atoms with Gasteiger partial charge in [-0.15, -0.1) is 0 Å². The molecule has 1 aliphatic carbocycles. The van der Waals surface area contributed by atoms with E-state index in [1.165, 1.54) is 104 Å². The van der Waals surface area contributed by atoms with Crippen LogP contribution in [0.3, 0.4) is 0 Å². The van der Waals surface area contributed by atoms with Gasteiger partial charge in [0.05, 0.1) is 11.4 Å². The largest absolute Gasteiger partial charge is 0.454 e. The van der Waals surface area contributed by atoms with Crippen LogP contribution >= 0.6 is 0 Å². The van der Waals surface area contributed by atoms with Gasteiger partial charge in [0.1, 0.15) is 5.58 Å². The van der Waals surface area contributed by atoms with E-state index in [2.05, 4.69) is 262 Å². The molecule has 378 valence electrons. The third-order valence-corrected chi connectivity index (χ3v) is 16.8. The first kappa shape index (κ1) is 48.9. The molecule has 3 heterocycles. The molecule has 8 aromatic carbocycles. The van der Waals surface area contributed by atoms with E-state index in [0.717, 1.165) is 45.0 Å². The maximum Gasteiger partial charge on any atom is 0.252 e. The number of benzene rings is 8. The minimum absolute atomic E-state index is 0.0385.